The van der Waals surface area contributed by atoms with E-state index in [1.54, 1.807) is 13.4 Å². The Kier molecular flexibility index (Phi) is 4.98. The minimum absolute atomic E-state index is 0.376. The van der Waals surface area contributed by atoms with E-state index in [9.17, 15) is 0 Å². The lowest BCUT2D eigenvalue weighted by atomic mass is 10.2. The Hall–Kier alpha value is -2.30. The standard InChI is InChI=1S/C16H22N4O/c1-5-12(3)19-15-9-16(18-10-17-15)20-13-8-11(2)6-7-14(13)21-4/h6-10,12H,5H2,1-4H3,(H2,17,18,19,20). The van der Waals surface area contributed by atoms with Crippen LogP contribution < -0.4 is 15.4 Å². The Morgan fingerprint density at radius 2 is 1.95 bits per heavy atom. The van der Waals surface area contributed by atoms with Crippen molar-refractivity contribution < 1.29 is 4.74 Å². The Labute approximate surface area is 125 Å². The average Bonchev–Trinajstić information content (AvgIpc) is 2.48. The van der Waals surface area contributed by atoms with Crippen LogP contribution in [0.5, 0.6) is 5.75 Å². The van der Waals surface area contributed by atoms with Crippen LogP contribution in [0.25, 0.3) is 0 Å². The maximum absolute atomic E-state index is 5.36. The minimum atomic E-state index is 0.376. The van der Waals surface area contributed by atoms with Crippen LogP contribution in [0.15, 0.2) is 30.6 Å². The summed E-state index contributed by atoms with van der Waals surface area (Å²) < 4.78 is 5.36. The van der Waals surface area contributed by atoms with Crippen LogP contribution in [0.2, 0.25) is 0 Å². The summed E-state index contributed by atoms with van der Waals surface area (Å²) in [4.78, 5) is 8.49. The zero-order chi connectivity index (χ0) is 15.2. The highest BCUT2D eigenvalue weighted by molar-refractivity contribution is 5.66. The van der Waals surface area contributed by atoms with Crippen LogP contribution in [0.3, 0.4) is 0 Å². The highest BCUT2D eigenvalue weighted by Gasteiger charge is 2.06. The zero-order valence-electron chi connectivity index (χ0n) is 13.0. The molecular formula is C16H22N4O. The number of hydrogen-bond acceptors (Lipinski definition) is 5. The molecule has 0 aliphatic rings. The van der Waals surface area contributed by atoms with Crippen molar-refractivity contribution in [1.82, 2.24) is 9.97 Å². The van der Waals surface area contributed by atoms with Gasteiger partial charge in [0.15, 0.2) is 0 Å². The summed E-state index contributed by atoms with van der Waals surface area (Å²) >= 11 is 0. The first-order valence-electron chi connectivity index (χ1n) is 7.12. The van der Waals surface area contributed by atoms with Crippen molar-refractivity contribution >= 4 is 17.3 Å². The summed E-state index contributed by atoms with van der Waals surface area (Å²) in [5, 5.41) is 6.62. The molecule has 0 radical (unpaired) electrons. The summed E-state index contributed by atoms with van der Waals surface area (Å²) in [6.45, 7) is 6.30. The first kappa shape index (κ1) is 15.1. The highest BCUT2D eigenvalue weighted by atomic mass is 16.5. The van der Waals surface area contributed by atoms with E-state index in [2.05, 4.69) is 34.4 Å². The van der Waals surface area contributed by atoms with Crippen molar-refractivity contribution in [1.29, 1.82) is 0 Å². The smallest absolute Gasteiger partial charge is 0.142 e. The average molecular weight is 286 g/mol. The van der Waals surface area contributed by atoms with Gasteiger partial charge in [-0.25, -0.2) is 9.97 Å². The number of benzene rings is 1. The molecule has 0 aliphatic heterocycles. The molecule has 0 saturated heterocycles. The predicted molar refractivity (Wildman–Crippen MR) is 86.4 cm³/mol. The summed E-state index contributed by atoms with van der Waals surface area (Å²) in [7, 11) is 1.66. The number of rotatable bonds is 6. The number of ether oxygens (including phenoxy) is 1. The van der Waals surface area contributed by atoms with Crippen molar-refractivity contribution in [2.24, 2.45) is 0 Å². The van der Waals surface area contributed by atoms with Gasteiger partial charge in [-0.05, 0) is 38.0 Å². The van der Waals surface area contributed by atoms with Gasteiger partial charge in [-0.2, -0.15) is 0 Å². The van der Waals surface area contributed by atoms with Crippen LogP contribution in [-0.4, -0.2) is 23.1 Å². The van der Waals surface area contributed by atoms with E-state index in [4.69, 9.17) is 4.74 Å². The maximum atomic E-state index is 5.36. The number of nitrogens with zero attached hydrogens (tertiary/aromatic N) is 2. The lowest BCUT2D eigenvalue weighted by Crippen LogP contribution is -2.14. The molecule has 0 fully saturated rings. The van der Waals surface area contributed by atoms with Crippen molar-refractivity contribution in [3.63, 3.8) is 0 Å². The number of hydrogen-bond donors (Lipinski definition) is 2. The minimum Gasteiger partial charge on any atom is -0.495 e. The van der Waals surface area contributed by atoms with Crippen LogP contribution in [0.1, 0.15) is 25.8 Å². The molecule has 0 amide bonds. The van der Waals surface area contributed by atoms with E-state index in [-0.39, 0.29) is 0 Å². The van der Waals surface area contributed by atoms with Crippen molar-refractivity contribution in [3.05, 3.63) is 36.2 Å². The van der Waals surface area contributed by atoms with E-state index in [1.807, 2.05) is 31.2 Å². The predicted octanol–water partition coefficient (Wildman–Crippen LogP) is 3.75. The number of aromatic nitrogens is 2. The molecule has 0 saturated carbocycles. The molecule has 2 rings (SSSR count). The molecule has 1 unspecified atom stereocenters. The van der Waals surface area contributed by atoms with Gasteiger partial charge in [-0.15, -0.1) is 0 Å². The SMILES string of the molecule is CCC(C)Nc1cc(Nc2cc(C)ccc2OC)ncn1. The van der Waals surface area contributed by atoms with Crippen molar-refractivity contribution in [2.45, 2.75) is 33.2 Å². The number of methoxy groups -OCH3 is 1. The molecule has 5 nitrogen and oxygen atoms in total. The first-order chi connectivity index (χ1) is 10.1. The highest BCUT2D eigenvalue weighted by Crippen LogP contribution is 2.28. The normalized spacial score (nSPS) is 11.8. The van der Waals surface area contributed by atoms with E-state index < -0.39 is 0 Å². The van der Waals surface area contributed by atoms with Crippen LogP contribution in [0.4, 0.5) is 17.3 Å². The van der Waals surface area contributed by atoms with Gasteiger partial charge in [0.25, 0.3) is 0 Å². The van der Waals surface area contributed by atoms with Gasteiger partial charge in [0.05, 0.1) is 12.8 Å². The third-order valence-corrected chi connectivity index (χ3v) is 3.29. The number of aryl methyl sites for hydroxylation is 1. The van der Waals surface area contributed by atoms with Crippen LogP contribution >= 0.6 is 0 Å². The van der Waals surface area contributed by atoms with Crippen LogP contribution in [0, 0.1) is 6.92 Å². The fourth-order valence-electron chi connectivity index (χ4n) is 1.92. The Morgan fingerprint density at radius 3 is 2.67 bits per heavy atom. The van der Waals surface area contributed by atoms with Gasteiger partial charge in [-0.1, -0.05) is 13.0 Å². The summed E-state index contributed by atoms with van der Waals surface area (Å²) in [5.74, 6) is 2.34. The molecule has 1 aromatic heterocycles. The molecular weight excluding hydrogens is 264 g/mol. The van der Waals surface area contributed by atoms with Gasteiger partial charge in [0.2, 0.25) is 0 Å². The molecule has 0 spiro atoms. The fraction of sp³-hybridized carbons (Fsp3) is 0.375. The van der Waals surface area contributed by atoms with Gasteiger partial charge >= 0.3 is 0 Å². The van der Waals surface area contributed by atoms with Gasteiger partial charge in [-0.3, -0.25) is 0 Å². The zero-order valence-corrected chi connectivity index (χ0v) is 13.0. The van der Waals surface area contributed by atoms with Gasteiger partial charge in [0.1, 0.15) is 23.7 Å². The third kappa shape index (κ3) is 4.08. The lowest BCUT2D eigenvalue weighted by Gasteiger charge is -2.14. The molecule has 1 atom stereocenters. The molecule has 5 heteroatoms. The monoisotopic (exact) mass is 286 g/mol. The number of anilines is 3. The number of nitrogens with one attached hydrogen (secondary N) is 2. The third-order valence-electron chi connectivity index (χ3n) is 3.29. The second kappa shape index (κ2) is 6.92. The molecule has 0 bridgehead atoms. The van der Waals surface area contributed by atoms with Gasteiger partial charge < -0.3 is 15.4 Å². The Bertz CT molecular complexity index is 601. The molecule has 2 N–H and O–H groups in total. The van der Waals surface area contributed by atoms with Gasteiger partial charge in [0, 0.05) is 12.1 Å². The Balaban J connectivity index is 2.20. The molecule has 1 aromatic carbocycles. The van der Waals surface area contributed by atoms with E-state index >= 15 is 0 Å². The quantitative estimate of drug-likeness (QED) is 0.847. The second-order valence-corrected chi connectivity index (χ2v) is 5.07. The topological polar surface area (TPSA) is 59.1 Å². The summed E-state index contributed by atoms with van der Waals surface area (Å²) in [5.41, 5.74) is 2.05. The van der Waals surface area contributed by atoms with E-state index in [0.29, 0.717) is 6.04 Å². The van der Waals surface area contributed by atoms with E-state index in [1.165, 1.54) is 0 Å². The molecule has 112 valence electrons. The molecule has 2 aromatic rings. The maximum Gasteiger partial charge on any atom is 0.142 e. The van der Waals surface area contributed by atoms with E-state index in [0.717, 1.165) is 35.1 Å². The second-order valence-electron chi connectivity index (χ2n) is 5.07. The first-order valence-corrected chi connectivity index (χ1v) is 7.12. The largest absolute Gasteiger partial charge is 0.495 e. The van der Waals surface area contributed by atoms with Crippen molar-refractivity contribution in [2.75, 3.05) is 17.7 Å². The molecule has 21 heavy (non-hydrogen) atoms. The summed E-state index contributed by atoms with van der Waals surface area (Å²) in [6.07, 6.45) is 2.59. The Morgan fingerprint density at radius 1 is 1.19 bits per heavy atom. The molecule has 0 aliphatic carbocycles. The molecule has 1 heterocycles. The van der Waals surface area contributed by atoms with Crippen LogP contribution in [-0.2, 0) is 0 Å². The fourth-order valence-corrected chi connectivity index (χ4v) is 1.92. The lowest BCUT2D eigenvalue weighted by molar-refractivity contribution is 0.416. The van der Waals surface area contributed by atoms with Crippen molar-refractivity contribution in [3.8, 4) is 5.75 Å². The summed E-state index contributed by atoms with van der Waals surface area (Å²) in [6, 6.07) is 8.26.